The zero-order chi connectivity index (χ0) is 15.0. The Morgan fingerprint density at radius 1 is 1.00 bits per heavy atom. The third-order valence-electron chi connectivity index (χ3n) is 2.77. The van der Waals surface area contributed by atoms with Crippen LogP contribution >= 0.6 is 0 Å². The van der Waals surface area contributed by atoms with Crippen LogP contribution in [0.3, 0.4) is 0 Å². The van der Waals surface area contributed by atoms with E-state index in [9.17, 15) is 0 Å². The quantitative estimate of drug-likeness (QED) is 0.736. The van der Waals surface area contributed by atoms with Gasteiger partial charge in [0, 0.05) is 15.4 Å². The van der Waals surface area contributed by atoms with Crippen LogP contribution in [-0.2, 0) is 0 Å². The maximum Gasteiger partial charge on any atom is 0.0799 e. The molecule has 1 aromatic heterocycles. The van der Waals surface area contributed by atoms with Gasteiger partial charge in [0.2, 0.25) is 0 Å². The van der Waals surface area contributed by atoms with Crippen LogP contribution in [0.5, 0.6) is 0 Å². The van der Waals surface area contributed by atoms with Gasteiger partial charge in [-0.15, -0.1) is 0 Å². The molecule has 2 heteroatoms. The van der Waals surface area contributed by atoms with Crippen molar-refractivity contribution in [3.05, 3.63) is 48.2 Å². The van der Waals surface area contributed by atoms with Crippen molar-refractivity contribution in [1.29, 1.82) is 0 Å². The van der Waals surface area contributed by atoms with E-state index in [1.165, 1.54) is 0 Å². The highest BCUT2D eigenvalue weighted by atomic mass is 28.3. The SMILES string of the molecule is [2H]C([2H])([2H])c1nc(-c2ccccc2)ccc1[Si](C)(C)C. The number of nitrogens with zero attached hydrogens (tertiary/aromatic N) is 1. The molecule has 0 N–H and O–H groups in total. The van der Waals surface area contributed by atoms with Crippen molar-refractivity contribution >= 4 is 13.3 Å². The van der Waals surface area contributed by atoms with Crippen molar-refractivity contribution in [2.75, 3.05) is 0 Å². The molecule has 0 spiro atoms. The Morgan fingerprint density at radius 3 is 2.29 bits per heavy atom. The normalized spacial score (nSPS) is 14.9. The molecule has 2 rings (SSSR count). The Hall–Kier alpha value is -1.41. The van der Waals surface area contributed by atoms with Crippen molar-refractivity contribution < 1.29 is 4.11 Å². The zero-order valence-corrected chi connectivity index (χ0v) is 11.5. The van der Waals surface area contributed by atoms with Gasteiger partial charge in [-0.1, -0.05) is 56.0 Å². The molecule has 0 atom stereocenters. The summed E-state index contributed by atoms with van der Waals surface area (Å²) >= 11 is 0. The minimum Gasteiger partial charge on any atom is -0.253 e. The average molecular weight is 244 g/mol. The molecule has 0 aliphatic heterocycles. The molecule has 0 saturated heterocycles. The Labute approximate surface area is 109 Å². The van der Waals surface area contributed by atoms with E-state index in [2.05, 4.69) is 24.6 Å². The predicted octanol–water partition coefficient (Wildman–Crippen LogP) is 3.60. The number of hydrogen-bond acceptors (Lipinski definition) is 1. The van der Waals surface area contributed by atoms with Gasteiger partial charge in [0.15, 0.2) is 0 Å². The Morgan fingerprint density at radius 2 is 1.71 bits per heavy atom. The van der Waals surface area contributed by atoms with Crippen LogP contribution in [0.25, 0.3) is 11.3 Å². The minimum atomic E-state index is -2.17. The van der Waals surface area contributed by atoms with Crippen LogP contribution in [-0.4, -0.2) is 13.1 Å². The Bertz CT molecular complexity index is 601. The lowest BCUT2D eigenvalue weighted by molar-refractivity contribution is 1.22. The first-order chi connectivity index (χ1) is 9.19. The van der Waals surface area contributed by atoms with Crippen molar-refractivity contribution in [3.8, 4) is 11.3 Å². The molecule has 1 heterocycles. The van der Waals surface area contributed by atoms with E-state index in [0.29, 0.717) is 0 Å². The summed E-state index contributed by atoms with van der Waals surface area (Å²) in [4.78, 5) is 4.45. The summed E-state index contributed by atoms with van der Waals surface area (Å²) in [6, 6.07) is 13.6. The van der Waals surface area contributed by atoms with Gasteiger partial charge in [-0.25, -0.2) is 0 Å². The fourth-order valence-corrected chi connectivity index (χ4v) is 3.18. The summed E-state index contributed by atoms with van der Waals surface area (Å²) in [5, 5.41) is 0.914. The maximum absolute atomic E-state index is 7.75. The lowest BCUT2D eigenvalue weighted by atomic mass is 10.1. The Balaban J connectivity index is 2.62. The molecule has 0 aliphatic rings. The summed E-state index contributed by atoms with van der Waals surface area (Å²) in [5.41, 5.74) is 1.93. The van der Waals surface area contributed by atoms with E-state index in [1.807, 2.05) is 42.5 Å². The topological polar surface area (TPSA) is 12.9 Å². The number of hydrogen-bond donors (Lipinski definition) is 0. The standard InChI is InChI=1S/C15H19NSi/c1-12-15(17(2,3)4)11-10-14(16-12)13-8-6-5-7-9-13/h5-11H,1-4H3/i1D3. The second kappa shape index (κ2) is 4.45. The largest absolute Gasteiger partial charge is 0.253 e. The van der Waals surface area contributed by atoms with Crippen molar-refractivity contribution in [2.45, 2.75) is 26.5 Å². The van der Waals surface area contributed by atoms with E-state index in [4.69, 9.17) is 4.11 Å². The van der Waals surface area contributed by atoms with E-state index in [-0.39, 0.29) is 5.69 Å². The number of pyridine rings is 1. The zero-order valence-electron chi connectivity index (χ0n) is 13.5. The summed E-state index contributed by atoms with van der Waals surface area (Å²) in [6.45, 7) is 4.25. The second-order valence-corrected chi connectivity index (χ2v) is 10.2. The molecular formula is C15H19NSi. The minimum absolute atomic E-state index is 0.262. The molecule has 0 aliphatic carbocycles. The van der Waals surface area contributed by atoms with Gasteiger partial charge in [0.25, 0.3) is 0 Å². The third kappa shape index (κ3) is 2.64. The second-order valence-electron chi connectivity index (χ2n) is 5.21. The molecule has 88 valence electrons. The number of aryl methyl sites for hydroxylation is 1. The molecule has 0 fully saturated rings. The van der Waals surface area contributed by atoms with Gasteiger partial charge in [-0.05, 0) is 18.1 Å². The first-order valence-electron chi connectivity index (χ1n) is 7.27. The molecule has 17 heavy (non-hydrogen) atoms. The maximum atomic E-state index is 7.75. The lowest BCUT2D eigenvalue weighted by Gasteiger charge is -2.19. The average Bonchev–Trinajstić information content (AvgIpc) is 2.37. The predicted molar refractivity (Wildman–Crippen MR) is 77.4 cm³/mol. The van der Waals surface area contributed by atoms with Gasteiger partial charge >= 0.3 is 0 Å². The van der Waals surface area contributed by atoms with Crippen LogP contribution in [0.4, 0.5) is 0 Å². The van der Waals surface area contributed by atoms with Gasteiger partial charge in [0.1, 0.15) is 0 Å². The monoisotopic (exact) mass is 244 g/mol. The van der Waals surface area contributed by atoms with E-state index in [1.54, 1.807) is 0 Å². The lowest BCUT2D eigenvalue weighted by Crippen LogP contribution is -2.39. The first-order valence-corrected chi connectivity index (χ1v) is 9.27. The third-order valence-corrected chi connectivity index (χ3v) is 4.79. The van der Waals surface area contributed by atoms with Crippen LogP contribution < -0.4 is 5.19 Å². The Kier molecular flexibility index (Phi) is 2.27. The summed E-state index contributed by atoms with van der Waals surface area (Å²) in [6.07, 6.45) is 0. The summed E-state index contributed by atoms with van der Waals surface area (Å²) in [7, 11) is -1.73. The van der Waals surface area contributed by atoms with Gasteiger partial charge < -0.3 is 0 Å². The molecule has 0 radical (unpaired) electrons. The molecule has 2 aromatic rings. The summed E-state index contributed by atoms with van der Waals surface area (Å²) < 4.78 is 23.2. The highest BCUT2D eigenvalue weighted by molar-refractivity contribution is 6.89. The molecule has 0 bridgehead atoms. The number of benzene rings is 1. The molecule has 0 saturated carbocycles. The van der Waals surface area contributed by atoms with E-state index >= 15 is 0 Å². The smallest absolute Gasteiger partial charge is 0.0799 e. The fourth-order valence-electron chi connectivity index (χ4n) is 1.83. The fraction of sp³-hybridized carbons (Fsp3) is 0.267. The van der Waals surface area contributed by atoms with Gasteiger partial charge in [0.05, 0.1) is 13.8 Å². The van der Waals surface area contributed by atoms with Crippen LogP contribution in [0.15, 0.2) is 42.5 Å². The summed E-state index contributed by atoms with van der Waals surface area (Å²) in [5.74, 6) is 0. The number of aromatic nitrogens is 1. The van der Waals surface area contributed by atoms with Crippen LogP contribution in [0, 0.1) is 6.85 Å². The highest BCUT2D eigenvalue weighted by Gasteiger charge is 2.19. The van der Waals surface area contributed by atoms with Gasteiger partial charge in [-0.3, -0.25) is 4.98 Å². The van der Waals surface area contributed by atoms with Crippen molar-refractivity contribution in [3.63, 3.8) is 0 Å². The molecular weight excluding hydrogens is 222 g/mol. The highest BCUT2D eigenvalue weighted by Crippen LogP contribution is 2.17. The number of rotatable bonds is 2. The first kappa shape index (κ1) is 8.64. The molecule has 0 unspecified atom stereocenters. The van der Waals surface area contributed by atoms with Crippen LogP contribution in [0.1, 0.15) is 9.81 Å². The molecule has 1 aromatic carbocycles. The van der Waals surface area contributed by atoms with Crippen molar-refractivity contribution in [2.24, 2.45) is 0 Å². The molecule has 1 nitrogen and oxygen atoms in total. The van der Waals surface area contributed by atoms with Crippen LogP contribution in [0.2, 0.25) is 19.6 Å². The van der Waals surface area contributed by atoms with E-state index < -0.39 is 14.9 Å². The molecule has 0 amide bonds. The van der Waals surface area contributed by atoms with Gasteiger partial charge in [-0.2, -0.15) is 0 Å². The van der Waals surface area contributed by atoms with Crippen molar-refractivity contribution in [1.82, 2.24) is 4.98 Å². The van der Waals surface area contributed by atoms with E-state index in [0.717, 1.165) is 16.4 Å².